The van der Waals surface area contributed by atoms with E-state index in [2.05, 4.69) is 16.3 Å². The third kappa shape index (κ3) is 3.76. The summed E-state index contributed by atoms with van der Waals surface area (Å²) in [5, 5.41) is 3.58. The quantitative estimate of drug-likeness (QED) is 0.726. The molecule has 0 radical (unpaired) electrons. The van der Waals surface area contributed by atoms with Crippen molar-refractivity contribution in [3.8, 4) is 0 Å². The van der Waals surface area contributed by atoms with Crippen molar-refractivity contribution in [2.75, 3.05) is 32.8 Å². The van der Waals surface area contributed by atoms with Crippen LogP contribution in [-0.2, 0) is 17.6 Å². The number of amides is 4. The van der Waals surface area contributed by atoms with Crippen LogP contribution in [0.25, 0.3) is 0 Å². The first-order valence-electron chi connectivity index (χ1n) is 10.9. The summed E-state index contributed by atoms with van der Waals surface area (Å²) >= 11 is 5.91. The highest BCUT2D eigenvalue weighted by molar-refractivity contribution is 6.30. The average molecular weight is 453 g/mol. The second-order valence-corrected chi connectivity index (χ2v) is 9.19. The molecule has 1 spiro atoms. The summed E-state index contributed by atoms with van der Waals surface area (Å²) in [6.07, 6.45) is 1.93. The fraction of sp³-hybridized carbons (Fsp3) is 0.375. The van der Waals surface area contributed by atoms with E-state index < -0.39 is 5.54 Å². The van der Waals surface area contributed by atoms with Gasteiger partial charge in [-0.1, -0.05) is 35.9 Å². The summed E-state index contributed by atoms with van der Waals surface area (Å²) in [6.45, 7) is 2.54. The molecule has 5 rings (SSSR count). The lowest BCUT2D eigenvalue weighted by atomic mass is 9.78. The molecule has 7 nitrogen and oxygen atoms in total. The number of aryl methyl sites for hydroxylation is 1. The highest BCUT2D eigenvalue weighted by Gasteiger charge is 2.52. The molecule has 0 bridgehead atoms. The number of carbonyl (C=O) groups is 3. The van der Waals surface area contributed by atoms with Crippen molar-refractivity contribution >= 4 is 29.4 Å². The maximum Gasteiger partial charge on any atom is 0.326 e. The molecule has 2 aliphatic heterocycles. The number of halogens is 1. The summed E-state index contributed by atoms with van der Waals surface area (Å²) in [5.74, 6) is -0.173. The molecule has 1 N–H and O–H groups in total. The molecular formula is C24H25ClN4O3. The van der Waals surface area contributed by atoms with Crippen LogP contribution in [0.3, 0.4) is 0 Å². The van der Waals surface area contributed by atoms with Gasteiger partial charge >= 0.3 is 6.03 Å². The molecule has 4 amide bonds. The van der Waals surface area contributed by atoms with E-state index >= 15 is 0 Å². The van der Waals surface area contributed by atoms with Crippen LogP contribution in [0.15, 0.2) is 48.5 Å². The number of nitrogens with zero attached hydrogens (tertiary/aromatic N) is 3. The Morgan fingerprint density at radius 1 is 0.969 bits per heavy atom. The normalized spacial score (nSPS) is 23.4. The van der Waals surface area contributed by atoms with Gasteiger partial charge in [0, 0.05) is 43.2 Å². The van der Waals surface area contributed by atoms with E-state index in [1.54, 1.807) is 29.2 Å². The zero-order chi connectivity index (χ0) is 22.3. The molecule has 2 fully saturated rings. The van der Waals surface area contributed by atoms with E-state index in [-0.39, 0.29) is 24.5 Å². The third-order valence-corrected chi connectivity index (χ3v) is 7.02. The van der Waals surface area contributed by atoms with Crippen LogP contribution in [-0.4, -0.2) is 70.9 Å². The predicted molar refractivity (Wildman–Crippen MR) is 120 cm³/mol. The largest absolute Gasteiger partial charge is 0.336 e. The monoisotopic (exact) mass is 452 g/mol. The van der Waals surface area contributed by atoms with Gasteiger partial charge in [0.25, 0.3) is 11.8 Å². The third-order valence-electron chi connectivity index (χ3n) is 6.77. The first kappa shape index (κ1) is 21.0. The van der Waals surface area contributed by atoms with Gasteiger partial charge in [0.2, 0.25) is 0 Å². The van der Waals surface area contributed by atoms with E-state index in [4.69, 9.17) is 11.6 Å². The van der Waals surface area contributed by atoms with Gasteiger partial charge < -0.3 is 10.2 Å². The highest BCUT2D eigenvalue weighted by atomic mass is 35.5. The Labute approximate surface area is 191 Å². The van der Waals surface area contributed by atoms with Gasteiger partial charge in [-0.05, 0) is 48.2 Å². The highest BCUT2D eigenvalue weighted by Crippen LogP contribution is 2.33. The van der Waals surface area contributed by atoms with Crippen molar-refractivity contribution in [2.24, 2.45) is 0 Å². The topological polar surface area (TPSA) is 73.0 Å². The summed E-state index contributed by atoms with van der Waals surface area (Å²) in [5.41, 5.74) is 2.15. The molecule has 2 saturated heterocycles. The van der Waals surface area contributed by atoms with E-state index in [0.717, 1.165) is 12.0 Å². The lowest BCUT2D eigenvalue weighted by molar-refractivity contribution is -0.133. The van der Waals surface area contributed by atoms with Crippen molar-refractivity contribution in [1.29, 1.82) is 0 Å². The first-order valence-corrected chi connectivity index (χ1v) is 11.3. The summed E-state index contributed by atoms with van der Waals surface area (Å²) in [4.78, 5) is 43.9. The van der Waals surface area contributed by atoms with Crippen LogP contribution in [0.2, 0.25) is 5.02 Å². The molecule has 1 aliphatic carbocycles. The Balaban J connectivity index is 1.20. The minimum absolute atomic E-state index is 0.0314. The maximum atomic E-state index is 13.3. The lowest BCUT2D eigenvalue weighted by Gasteiger charge is -2.36. The molecule has 2 heterocycles. The van der Waals surface area contributed by atoms with Crippen molar-refractivity contribution in [3.63, 3.8) is 0 Å². The molecule has 8 heteroatoms. The van der Waals surface area contributed by atoms with Crippen LogP contribution in [0.5, 0.6) is 0 Å². The Kier molecular flexibility index (Phi) is 5.39. The molecule has 0 aromatic heterocycles. The standard InChI is InChI=1S/C24H25ClN4O3/c25-20-7-5-18(6-8-20)21(30)28-13-11-27(12-14-28)16-29-22(31)24(26-23(29)32)10-9-17-3-1-2-4-19(17)15-24/h1-8H,9-16H2,(H,26,32). The van der Waals surface area contributed by atoms with E-state index in [1.807, 2.05) is 18.2 Å². The SMILES string of the molecule is O=C(c1ccc(Cl)cc1)N1CCN(CN2C(=O)NC3(CCc4ccccc4C3)C2=O)CC1. The smallest absolute Gasteiger partial charge is 0.326 e. The number of hydrogen-bond donors (Lipinski definition) is 1. The van der Waals surface area contributed by atoms with Gasteiger partial charge in [-0.3, -0.25) is 14.5 Å². The zero-order valence-corrected chi connectivity index (χ0v) is 18.5. The number of benzene rings is 2. The average Bonchev–Trinajstić information content (AvgIpc) is 3.03. The van der Waals surface area contributed by atoms with Crippen molar-refractivity contribution in [1.82, 2.24) is 20.0 Å². The second kappa shape index (κ2) is 8.22. The number of carbonyl (C=O) groups excluding carboxylic acids is 3. The van der Waals surface area contributed by atoms with Crippen LogP contribution < -0.4 is 5.32 Å². The molecule has 0 saturated carbocycles. The maximum absolute atomic E-state index is 13.3. The lowest BCUT2D eigenvalue weighted by Crippen LogP contribution is -2.54. The molecule has 166 valence electrons. The number of rotatable bonds is 3. The number of urea groups is 1. The van der Waals surface area contributed by atoms with Crippen LogP contribution in [0, 0.1) is 0 Å². The molecule has 2 aromatic carbocycles. The summed E-state index contributed by atoms with van der Waals surface area (Å²) in [6, 6.07) is 14.7. The second-order valence-electron chi connectivity index (χ2n) is 8.75. The Morgan fingerprint density at radius 2 is 1.66 bits per heavy atom. The van der Waals surface area contributed by atoms with E-state index in [9.17, 15) is 14.4 Å². The van der Waals surface area contributed by atoms with Crippen LogP contribution in [0.4, 0.5) is 4.79 Å². The van der Waals surface area contributed by atoms with Gasteiger partial charge in [-0.15, -0.1) is 0 Å². The van der Waals surface area contributed by atoms with Gasteiger partial charge in [-0.2, -0.15) is 0 Å². The molecule has 32 heavy (non-hydrogen) atoms. The van der Waals surface area contributed by atoms with E-state index in [0.29, 0.717) is 49.6 Å². The first-order chi connectivity index (χ1) is 15.4. The van der Waals surface area contributed by atoms with Crippen molar-refractivity contribution < 1.29 is 14.4 Å². The molecular weight excluding hydrogens is 428 g/mol. The fourth-order valence-electron chi connectivity index (χ4n) is 4.90. The summed E-state index contributed by atoms with van der Waals surface area (Å²) < 4.78 is 0. The predicted octanol–water partition coefficient (Wildman–Crippen LogP) is 2.53. The summed E-state index contributed by atoms with van der Waals surface area (Å²) in [7, 11) is 0. The minimum Gasteiger partial charge on any atom is -0.336 e. The molecule has 2 aromatic rings. The van der Waals surface area contributed by atoms with Gasteiger partial charge in [0.1, 0.15) is 5.54 Å². The Hall–Kier alpha value is -2.90. The Bertz CT molecular complexity index is 1070. The van der Waals surface area contributed by atoms with Gasteiger partial charge in [0.05, 0.1) is 6.67 Å². The number of nitrogens with one attached hydrogen (secondary N) is 1. The molecule has 1 atom stereocenters. The molecule has 3 aliphatic rings. The molecule has 1 unspecified atom stereocenters. The van der Waals surface area contributed by atoms with Gasteiger partial charge in [0.15, 0.2) is 0 Å². The fourth-order valence-corrected chi connectivity index (χ4v) is 5.02. The van der Waals surface area contributed by atoms with Crippen LogP contribution in [0.1, 0.15) is 27.9 Å². The zero-order valence-electron chi connectivity index (χ0n) is 17.7. The number of piperazine rings is 1. The van der Waals surface area contributed by atoms with Crippen molar-refractivity contribution in [2.45, 2.75) is 24.8 Å². The van der Waals surface area contributed by atoms with E-state index in [1.165, 1.54) is 10.5 Å². The van der Waals surface area contributed by atoms with Gasteiger partial charge in [-0.25, -0.2) is 9.69 Å². The minimum atomic E-state index is -0.836. The van der Waals surface area contributed by atoms with Crippen molar-refractivity contribution in [3.05, 3.63) is 70.2 Å². The van der Waals surface area contributed by atoms with Crippen LogP contribution >= 0.6 is 11.6 Å². The Morgan fingerprint density at radius 3 is 2.38 bits per heavy atom. The number of fused-ring (bicyclic) bond motifs is 1. The number of imide groups is 1. The number of hydrogen-bond acceptors (Lipinski definition) is 4.